The van der Waals surface area contributed by atoms with Gasteiger partial charge in [-0.25, -0.2) is 0 Å². The van der Waals surface area contributed by atoms with Gasteiger partial charge in [0.2, 0.25) is 0 Å². The van der Waals surface area contributed by atoms with Crippen LogP contribution in [0.3, 0.4) is 0 Å². The molecule has 2 nitrogen and oxygen atoms in total. The predicted octanol–water partition coefficient (Wildman–Crippen LogP) is 1.33. The summed E-state index contributed by atoms with van der Waals surface area (Å²) in [6, 6.07) is 0. The van der Waals surface area contributed by atoms with Crippen molar-refractivity contribution in [1.29, 1.82) is 0 Å². The van der Waals surface area contributed by atoms with Gasteiger partial charge in [-0.15, -0.1) is 0 Å². The molecule has 0 rings (SSSR count). The summed E-state index contributed by atoms with van der Waals surface area (Å²) in [7, 11) is 3.28. The fourth-order valence-electron chi connectivity index (χ4n) is 0. The van der Waals surface area contributed by atoms with Crippen molar-refractivity contribution in [3.8, 4) is 0 Å². The molecule has 40 valence electrons. The van der Waals surface area contributed by atoms with E-state index in [4.69, 9.17) is 0 Å². The van der Waals surface area contributed by atoms with Gasteiger partial charge >= 0.3 is 0 Å². The van der Waals surface area contributed by atoms with Crippen LogP contribution in [0, 0.1) is 39.9 Å². The molecule has 0 bridgehead atoms. The second-order valence-corrected chi connectivity index (χ2v) is 0.400. The third kappa shape index (κ3) is 20.5. The Morgan fingerprint density at radius 2 is 1.17 bits per heavy atom. The quantitative estimate of drug-likeness (QED) is 0.562. The fourth-order valence-corrected chi connectivity index (χ4v) is 0. The smallest absolute Gasteiger partial charge is 0.0487 e. The number of rotatable bonds is 0. The Bertz CT molecular complexity index is 24.0. The molecule has 0 heterocycles. The van der Waals surface area contributed by atoms with Gasteiger partial charge in [0.15, 0.2) is 0 Å². The summed E-state index contributed by atoms with van der Waals surface area (Å²) in [5.41, 5.74) is 0. The van der Waals surface area contributed by atoms with Crippen LogP contribution in [0.1, 0.15) is 7.43 Å². The Morgan fingerprint density at radius 1 is 1.00 bits per heavy atom. The second-order valence-electron chi connectivity index (χ2n) is 0.400. The summed E-state index contributed by atoms with van der Waals surface area (Å²) in [5, 5.41) is 6.72. The summed E-state index contributed by atoms with van der Waals surface area (Å²) in [6.07, 6.45) is 0. The van der Waals surface area contributed by atoms with Crippen LogP contribution >= 0.6 is 0 Å². The second kappa shape index (κ2) is 16.8. The zero-order valence-corrected chi connectivity index (χ0v) is 5.52. The fraction of sp³-hybridized carbons (Fsp3) is 1.00. The molecule has 0 aliphatic heterocycles. The van der Waals surface area contributed by atoms with Crippen molar-refractivity contribution in [2.75, 3.05) is 14.1 Å². The molecule has 0 amide bonds. The number of nitrogens with zero attached hydrogens (tertiary/aromatic N) is 2. The number of hydrogen-bond acceptors (Lipinski definition) is 2. The maximum atomic E-state index is 3.36. The van der Waals surface area contributed by atoms with Gasteiger partial charge in [-0.2, -0.15) is 10.2 Å². The number of hydrogen-bond donors (Lipinski definition) is 0. The molecule has 0 unspecified atom stereocenters. The summed E-state index contributed by atoms with van der Waals surface area (Å²) >= 11 is 0. The summed E-state index contributed by atoms with van der Waals surface area (Å²) in [6.45, 7) is 0. The van der Waals surface area contributed by atoms with Crippen molar-refractivity contribution in [3.05, 3.63) is 0 Å². The van der Waals surface area contributed by atoms with Crippen LogP contribution < -0.4 is 0 Å². The van der Waals surface area contributed by atoms with Gasteiger partial charge in [-0.05, 0) is 0 Å². The minimum Gasteiger partial charge on any atom is -0.198 e. The molecule has 0 aromatic heterocycles. The largest absolute Gasteiger partial charge is 0.198 e. The van der Waals surface area contributed by atoms with E-state index in [2.05, 4.69) is 10.2 Å². The molecular formula is C3H10GdN2. The van der Waals surface area contributed by atoms with Gasteiger partial charge < -0.3 is 0 Å². The van der Waals surface area contributed by atoms with Crippen molar-refractivity contribution in [1.82, 2.24) is 0 Å². The van der Waals surface area contributed by atoms with Crippen molar-refractivity contribution in [2.45, 2.75) is 7.43 Å². The van der Waals surface area contributed by atoms with E-state index in [1.165, 1.54) is 0 Å². The maximum Gasteiger partial charge on any atom is 0.0487 e. The van der Waals surface area contributed by atoms with Crippen LogP contribution in [0.15, 0.2) is 10.2 Å². The van der Waals surface area contributed by atoms with E-state index >= 15 is 0 Å². The Kier molecular flexibility index (Phi) is 44.2. The first kappa shape index (κ1) is 15.8. The molecule has 0 N–H and O–H groups in total. The van der Waals surface area contributed by atoms with Crippen LogP contribution in [-0.2, 0) is 0 Å². The molecule has 6 heavy (non-hydrogen) atoms. The van der Waals surface area contributed by atoms with Crippen LogP contribution in [0.5, 0.6) is 0 Å². The van der Waals surface area contributed by atoms with E-state index in [1.807, 2.05) is 0 Å². The first-order valence-corrected chi connectivity index (χ1v) is 1.09. The molecule has 0 atom stereocenters. The topological polar surface area (TPSA) is 24.7 Å². The standard InChI is InChI=1S/C2H6N2.CH4.Gd/c1-3-4-2;;/h1-2H3;1H4;. The normalized spacial score (nSPS) is 6.33. The van der Waals surface area contributed by atoms with Gasteiger partial charge in [0.1, 0.15) is 0 Å². The van der Waals surface area contributed by atoms with E-state index < -0.39 is 0 Å². The Morgan fingerprint density at radius 3 is 1.17 bits per heavy atom. The maximum absolute atomic E-state index is 3.36. The summed E-state index contributed by atoms with van der Waals surface area (Å²) < 4.78 is 0. The summed E-state index contributed by atoms with van der Waals surface area (Å²) in [4.78, 5) is 0. The molecule has 0 saturated heterocycles. The van der Waals surface area contributed by atoms with Crippen molar-refractivity contribution < 1.29 is 39.9 Å². The minimum absolute atomic E-state index is 0. The first-order valence-electron chi connectivity index (χ1n) is 1.09. The number of azo groups is 1. The predicted molar refractivity (Wildman–Crippen MR) is 23.4 cm³/mol. The van der Waals surface area contributed by atoms with E-state index in [0.717, 1.165) is 0 Å². The molecule has 0 aromatic carbocycles. The summed E-state index contributed by atoms with van der Waals surface area (Å²) in [5.74, 6) is 0. The van der Waals surface area contributed by atoms with Gasteiger partial charge in [0.05, 0.1) is 0 Å². The Labute approximate surface area is 71.1 Å². The molecule has 3 heteroatoms. The van der Waals surface area contributed by atoms with E-state index in [1.54, 1.807) is 14.1 Å². The molecule has 0 aliphatic carbocycles. The molecule has 0 aliphatic rings. The minimum atomic E-state index is 0. The molecule has 0 saturated carbocycles. The Balaban J connectivity index is -0.0000000450. The zero-order valence-electron chi connectivity index (χ0n) is 3.25. The van der Waals surface area contributed by atoms with E-state index in [-0.39, 0.29) is 47.4 Å². The third-order valence-electron chi connectivity index (χ3n) is 0.200. The van der Waals surface area contributed by atoms with Crippen LogP contribution in [0.4, 0.5) is 0 Å². The average molecular weight is 231 g/mol. The molecule has 0 fully saturated rings. The molecular weight excluding hydrogens is 221 g/mol. The SMILES string of the molecule is C.CN=NC.[Gd]. The van der Waals surface area contributed by atoms with Crippen molar-refractivity contribution in [3.63, 3.8) is 0 Å². The van der Waals surface area contributed by atoms with Crippen LogP contribution in [0.2, 0.25) is 0 Å². The van der Waals surface area contributed by atoms with Gasteiger partial charge in [-0.1, -0.05) is 7.43 Å². The molecule has 0 radical (unpaired) electrons. The Hall–Kier alpha value is 0.925. The zero-order chi connectivity index (χ0) is 3.41. The van der Waals surface area contributed by atoms with Gasteiger partial charge in [0, 0.05) is 54.0 Å². The first-order chi connectivity index (χ1) is 1.91. The van der Waals surface area contributed by atoms with Crippen LogP contribution in [0.25, 0.3) is 0 Å². The van der Waals surface area contributed by atoms with Crippen molar-refractivity contribution in [2.24, 2.45) is 10.2 Å². The van der Waals surface area contributed by atoms with Gasteiger partial charge in [0.25, 0.3) is 0 Å². The third-order valence-corrected chi connectivity index (χ3v) is 0.200. The van der Waals surface area contributed by atoms with E-state index in [9.17, 15) is 0 Å². The van der Waals surface area contributed by atoms with Gasteiger partial charge in [-0.3, -0.25) is 0 Å². The van der Waals surface area contributed by atoms with Crippen molar-refractivity contribution >= 4 is 0 Å². The average Bonchev–Trinajstić information content (AvgIpc) is 1.37. The molecule has 0 aromatic rings. The monoisotopic (exact) mass is 232 g/mol. The molecule has 0 spiro atoms. The van der Waals surface area contributed by atoms with E-state index in [0.29, 0.717) is 0 Å². The van der Waals surface area contributed by atoms with Crippen LogP contribution in [-0.4, -0.2) is 14.1 Å².